The number of fused-ring (bicyclic) bond motifs is 5. The van der Waals surface area contributed by atoms with Gasteiger partial charge in [-0.15, -0.1) is 0 Å². The molecule has 1 radical (unpaired) electrons. The minimum atomic E-state index is -0.390. The molecule has 3 aliphatic heterocycles. The number of aliphatic imine (C=N–C) groups is 2. The van der Waals surface area contributed by atoms with E-state index in [9.17, 15) is 9.59 Å². The first-order chi connectivity index (χ1) is 13.0. The number of nitrogens with zero attached hydrogens (tertiary/aromatic N) is 3. The van der Waals surface area contributed by atoms with E-state index in [4.69, 9.17) is 10.5 Å². The van der Waals surface area contributed by atoms with Gasteiger partial charge in [0.2, 0.25) is 0 Å². The van der Waals surface area contributed by atoms with Gasteiger partial charge >= 0.3 is 164 Å². The zero-order chi connectivity index (χ0) is 19.0. The van der Waals surface area contributed by atoms with Crippen LogP contribution in [0.2, 0.25) is 0 Å². The van der Waals surface area contributed by atoms with Crippen LogP contribution in [-0.2, 0) is 14.3 Å². The molecule has 1 aromatic carbocycles. The Bertz CT molecular complexity index is 824. The van der Waals surface area contributed by atoms with Crippen molar-refractivity contribution in [1.29, 1.82) is 0 Å². The predicted molar refractivity (Wildman–Crippen MR) is 101 cm³/mol. The summed E-state index contributed by atoms with van der Waals surface area (Å²) in [6, 6.07) is 9.51. The Morgan fingerprint density at radius 3 is 2.41 bits per heavy atom. The Kier molecular flexibility index (Phi) is 4.82. The number of benzene rings is 1. The Morgan fingerprint density at radius 1 is 1.15 bits per heavy atom. The Morgan fingerprint density at radius 2 is 1.78 bits per heavy atom. The summed E-state index contributed by atoms with van der Waals surface area (Å²) in [5.74, 6) is -1.09. The molecule has 3 heterocycles. The van der Waals surface area contributed by atoms with Gasteiger partial charge in [-0.2, -0.15) is 0 Å². The van der Waals surface area contributed by atoms with Crippen molar-refractivity contribution in [2.45, 2.75) is 12.2 Å². The van der Waals surface area contributed by atoms with Gasteiger partial charge in [-0.3, -0.25) is 0 Å². The van der Waals surface area contributed by atoms with Gasteiger partial charge in [0, 0.05) is 0 Å². The van der Waals surface area contributed by atoms with Crippen LogP contribution in [0.1, 0.15) is 0 Å². The van der Waals surface area contributed by atoms with Crippen LogP contribution in [0, 0.1) is 11.8 Å². The summed E-state index contributed by atoms with van der Waals surface area (Å²) in [7, 11) is 0. The number of para-hydroxylation sites is 1. The second-order valence-electron chi connectivity index (χ2n) is 6.48. The van der Waals surface area contributed by atoms with E-state index in [1.165, 1.54) is 4.90 Å². The Hall–Kier alpha value is -2.48. The van der Waals surface area contributed by atoms with E-state index in [1.54, 1.807) is 0 Å². The molecule has 2 saturated heterocycles. The van der Waals surface area contributed by atoms with E-state index in [-0.39, 0.29) is 43.1 Å². The van der Waals surface area contributed by atoms with Crippen molar-refractivity contribution in [1.82, 2.24) is 4.90 Å². The zero-order valence-electron chi connectivity index (χ0n) is 14.3. The van der Waals surface area contributed by atoms with Gasteiger partial charge in [-0.1, -0.05) is 0 Å². The second kappa shape index (κ2) is 7.26. The van der Waals surface area contributed by atoms with E-state index in [2.05, 4.69) is 31.3 Å². The van der Waals surface area contributed by atoms with E-state index in [0.29, 0.717) is 4.73 Å². The fraction of sp³-hybridized carbons (Fsp3) is 0.333. The summed E-state index contributed by atoms with van der Waals surface area (Å²) < 4.78 is 6.09. The molecule has 4 unspecified atom stereocenters. The van der Waals surface area contributed by atoms with Gasteiger partial charge < -0.3 is 0 Å². The quantitative estimate of drug-likeness (QED) is 0.227. The molecule has 2 fully saturated rings. The Balaban J connectivity index is 1.33. The molecule has 27 heavy (non-hydrogen) atoms. The first-order valence-corrected chi connectivity index (χ1v) is 9.47. The number of imide groups is 1. The van der Waals surface area contributed by atoms with Crippen molar-refractivity contribution >= 4 is 44.2 Å². The summed E-state index contributed by atoms with van der Waals surface area (Å²) in [6.45, 7) is 0.393. The van der Waals surface area contributed by atoms with Crippen LogP contribution in [0.25, 0.3) is 0 Å². The van der Waals surface area contributed by atoms with Crippen LogP contribution >= 0.6 is 0 Å². The van der Waals surface area contributed by atoms with Crippen LogP contribution in [0.3, 0.4) is 0 Å². The zero-order valence-corrected chi connectivity index (χ0v) is 16.0. The normalized spacial score (nSPS) is 29.6. The molecule has 3 aliphatic rings. The number of nitrogens with two attached hydrogens (primary N) is 1. The summed E-state index contributed by atoms with van der Waals surface area (Å²) in [5, 5.41) is 3.06. The van der Waals surface area contributed by atoms with Crippen molar-refractivity contribution in [2.75, 3.05) is 18.4 Å². The molecule has 2 amide bonds. The number of carbonyl (C=O) groups is 2. The topological polar surface area (TPSA) is 109 Å². The standard InChI is InChI=1S/C18H18N5O3Se/c19-17(22-18(27)21-10-4-2-1-3-5-10)20-8-9-23-15(24)13-11-6-7-12(26-11)14(13)16(23)25/h1-7,11-14H,8-9H2,(H3,19,20,21,22). The fourth-order valence-electron chi connectivity index (χ4n) is 3.66. The van der Waals surface area contributed by atoms with Crippen LogP contribution < -0.4 is 11.1 Å². The average molecular weight is 431 g/mol. The molecule has 0 saturated carbocycles. The van der Waals surface area contributed by atoms with Gasteiger partial charge in [0.15, 0.2) is 0 Å². The van der Waals surface area contributed by atoms with Crippen molar-refractivity contribution in [3.05, 3.63) is 42.5 Å². The molecule has 9 heteroatoms. The van der Waals surface area contributed by atoms with Crippen molar-refractivity contribution in [3.63, 3.8) is 0 Å². The molecule has 8 nitrogen and oxygen atoms in total. The van der Waals surface area contributed by atoms with Crippen LogP contribution in [0.15, 0.2) is 52.5 Å². The first kappa shape index (κ1) is 17.9. The SMILES string of the molecule is NC(=NCCN1C(=O)C2C3C=CC(O3)C2C1=O)/N=C(\[Se])Nc1ccccc1. The fourth-order valence-corrected chi connectivity index (χ4v) is 4.11. The van der Waals surface area contributed by atoms with Gasteiger partial charge in [-0.25, -0.2) is 0 Å². The van der Waals surface area contributed by atoms with Crippen molar-refractivity contribution in [3.8, 4) is 0 Å². The summed E-state index contributed by atoms with van der Waals surface area (Å²) in [4.78, 5) is 34.6. The summed E-state index contributed by atoms with van der Waals surface area (Å²) in [6.07, 6.45) is 3.18. The molecule has 4 rings (SSSR count). The maximum atomic E-state index is 12.5. The number of anilines is 1. The monoisotopic (exact) mass is 432 g/mol. The second-order valence-corrected chi connectivity index (χ2v) is 7.29. The molecule has 3 N–H and O–H groups in total. The third-order valence-corrected chi connectivity index (χ3v) is 5.25. The van der Waals surface area contributed by atoms with Gasteiger partial charge in [0.25, 0.3) is 0 Å². The van der Waals surface area contributed by atoms with E-state index < -0.39 is 11.8 Å². The van der Waals surface area contributed by atoms with Crippen molar-refractivity contribution in [2.24, 2.45) is 27.6 Å². The number of hydrogen-bond donors (Lipinski definition) is 2. The third-order valence-electron chi connectivity index (χ3n) is 4.84. The van der Waals surface area contributed by atoms with Crippen molar-refractivity contribution < 1.29 is 14.3 Å². The number of likely N-dealkylation sites (tertiary alicyclic amines) is 1. The van der Waals surface area contributed by atoms with E-state index >= 15 is 0 Å². The Labute approximate surface area is 164 Å². The number of nitrogens with one attached hydrogen (secondary N) is 1. The molecule has 139 valence electrons. The van der Waals surface area contributed by atoms with Gasteiger partial charge in [-0.05, 0) is 0 Å². The first-order valence-electron chi connectivity index (χ1n) is 8.61. The van der Waals surface area contributed by atoms with Crippen LogP contribution in [0.5, 0.6) is 0 Å². The van der Waals surface area contributed by atoms with E-state index in [0.717, 1.165) is 5.69 Å². The number of hydrogen-bond acceptors (Lipinski definition) is 4. The van der Waals surface area contributed by atoms with Crippen LogP contribution in [0.4, 0.5) is 5.69 Å². The third kappa shape index (κ3) is 3.41. The summed E-state index contributed by atoms with van der Waals surface area (Å²) >= 11 is 2.78. The number of carbonyl (C=O) groups excluding carboxylic acids is 2. The summed E-state index contributed by atoms with van der Waals surface area (Å²) in [5.41, 5.74) is 6.68. The molecule has 0 aliphatic carbocycles. The number of amidine groups is 1. The molecule has 4 atom stereocenters. The minimum absolute atomic E-state index is 0.0662. The molecule has 0 aromatic heterocycles. The molecular weight excluding hydrogens is 413 g/mol. The van der Waals surface area contributed by atoms with Gasteiger partial charge in [0.05, 0.1) is 0 Å². The molecular formula is C18H18N5O3Se. The van der Waals surface area contributed by atoms with Crippen LogP contribution in [-0.4, -0.2) is 68.7 Å². The predicted octanol–water partition coefficient (Wildman–Crippen LogP) is -0.124. The number of ether oxygens (including phenoxy) is 1. The number of rotatable bonds is 4. The van der Waals surface area contributed by atoms with Gasteiger partial charge in [0.1, 0.15) is 0 Å². The average Bonchev–Trinajstić information content (AvgIpc) is 3.32. The van der Waals surface area contributed by atoms with E-state index in [1.807, 2.05) is 42.5 Å². The molecule has 0 spiro atoms. The maximum absolute atomic E-state index is 12.5. The number of guanidine groups is 1. The molecule has 1 aromatic rings. The number of amides is 2. The molecule has 2 bridgehead atoms.